The average molecular weight is 325 g/mol. The fourth-order valence-corrected chi connectivity index (χ4v) is 2.07. The fraction of sp³-hybridized carbons (Fsp3) is 0.500. The van der Waals surface area contributed by atoms with E-state index < -0.39 is 0 Å². The lowest BCUT2D eigenvalue weighted by Gasteiger charge is -2.15. The number of aromatic hydroxyl groups is 1. The van der Waals surface area contributed by atoms with Crippen molar-refractivity contribution in [2.24, 2.45) is 5.73 Å². The van der Waals surface area contributed by atoms with Crippen LogP contribution in [0, 0.1) is 0 Å². The topological polar surface area (TPSA) is 55.5 Å². The lowest BCUT2D eigenvalue weighted by molar-refractivity contribution is 0.367. The first-order chi connectivity index (χ1) is 7.60. The fourth-order valence-electron chi connectivity index (χ4n) is 1.61. The first-order valence-corrected chi connectivity index (χ1v) is 6.21. The molecule has 0 aromatic heterocycles. The molecule has 1 aromatic carbocycles. The zero-order chi connectivity index (χ0) is 12.1. The minimum atomic E-state index is -0.147. The third-order valence-corrected chi connectivity index (χ3v) is 3.02. The Morgan fingerprint density at radius 1 is 1.47 bits per heavy atom. The van der Waals surface area contributed by atoms with Gasteiger partial charge in [0.25, 0.3) is 0 Å². The molecule has 0 aliphatic heterocycles. The zero-order valence-electron chi connectivity index (χ0n) is 10.1. The maximum Gasteiger partial charge on any atom is 0.162 e. The molecule has 0 bridgehead atoms. The van der Waals surface area contributed by atoms with E-state index in [2.05, 4.69) is 22.9 Å². The zero-order valence-corrected chi connectivity index (χ0v) is 12.5. The van der Waals surface area contributed by atoms with Gasteiger partial charge in [0.05, 0.1) is 7.11 Å². The lowest BCUT2D eigenvalue weighted by atomic mass is 10.0. The number of nitrogens with two attached hydrogens (primary N) is 1. The number of hydrogen-bond donors (Lipinski definition) is 2. The van der Waals surface area contributed by atoms with Crippen LogP contribution in [-0.2, 0) is 0 Å². The molecule has 1 atom stereocenters. The van der Waals surface area contributed by atoms with Gasteiger partial charge in [0.15, 0.2) is 11.5 Å². The Morgan fingerprint density at radius 2 is 2.12 bits per heavy atom. The quantitative estimate of drug-likeness (QED) is 0.866. The monoisotopic (exact) mass is 323 g/mol. The van der Waals surface area contributed by atoms with E-state index in [9.17, 15) is 5.11 Å². The summed E-state index contributed by atoms with van der Waals surface area (Å²) in [5.41, 5.74) is 6.77. The third kappa shape index (κ3) is 4.37. The Bertz CT molecular complexity index is 361. The van der Waals surface area contributed by atoms with E-state index in [0.29, 0.717) is 5.75 Å². The number of methoxy groups -OCH3 is 1. The molecule has 0 fully saturated rings. The van der Waals surface area contributed by atoms with Gasteiger partial charge in [-0.05, 0) is 18.6 Å². The minimum Gasteiger partial charge on any atom is -0.504 e. The normalized spacial score (nSPS) is 11.8. The van der Waals surface area contributed by atoms with Crippen LogP contribution in [-0.4, -0.2) is 12.2 Å². The summed E-state index contributed by atoms with van der Waals surface area (Å²) in [6.45, 7) is 2.12. The van der Waals surface area contributed by atoms with Gasteiger partial charge in [-0.3, -0.25) is 0 Å². The van der Waals surface area contributed by atoms with Crippen LogP contribution >= 0.6 is 28.3 Å². The van der Waals surface area contributed by atoms with Crippen LogP contribution in [0.15, 0.2) is 16.6 Å². The van der Waals surface area contributed by atoms with Crippen LogP contribution in [0.5, 0.6) is 11.5 Å². The van der Waals surface area contributed by atoms with Gasteiger partial charge in [-0.1, -0.05) is 35.7 Å². The van der Waals surface area contributed by atoms with Crippen LogP contribution in [0.2, 0.25) is 0 Å². The molecule has 0 saturated carbocycles. The van der Waals surface area contributed by atoms with Gasteiger partial charge in [0.2, 0.25) is 0 Å². The maximum atomic E-state index is 9.96. The lowest BCUT2D eigenvalue weighted by Crippen LogP contribution is -2.10. The predicted molar refractivity (Wildman–Crippen MR) is 76.1 cm³/mol. The molecule has 0 aliphatic rings. The SMILES string of the molecule is CCCC[C@@H](N)c1cc(Br)cc(OC)c1O.Cl. The van der Waals surface area contributed by atoms with Crippen LogP contribution in [0.1, 0.15) is 37.8 Å². The van der Waals surface area contributed by atoms with Crippen molar-refractivity contribution in [1.29, 1.82) is 0 Å². The van der Waals surface area contributed by atoms with E-state index in [1.165, 1.54) is 7.11 Å². The van der Waals surface area contributed by atoms with Gasteiger partial charge in [-0.2, -0.15) is 0 Å². The van der Waals surface area contributed by atoms with Crippen LogP contribution < -0.4 is 10.5 Å². The Kier molecular flexibility index (Phi) is 7.59. The summed E-state index contributed by atoms with van der Waals surface area (Å²) in [5, 5.41) is 9.96. The van der Waals surface area contributed by atoms with Crippen molar-refractivity contribution < 1.29 is 9.84 Å². The summed E-state index contributed by atoms with van der Waals surface area (Å²) >= 11 is 3.38. The summed E-state index contributed by atoms with van der Waals surface area (Å²) in [6, 6.07) is 3.43. The summed E-state index contributed by atoms with van der Waals surface area (Å²) < 4.78 is 5.95. The second kappa shape index (κ2) is 7.80. The number of unbranched alkanes of at least 4 members (excludes halogenated alkanes) is 1. The predicted octanol–water partition coefficient (Wildman–Crippen LogP) is 3.78. The van der Waals surface area contributed by atoms with Crippen molar-refractivity contribution in [2.45, 2.75) is 32.2 Å². The molecule has 1 rings (SSSR count). The molecule has 17 heavy (non-hydrogen) atoms. The Morgan fingerprint density at radius 3 is 2.65 bits per heavy atom. The molecule has 0 radical (unpaired) electrons. The van der Waals surface area contributed by atoms with E-state index in [-0.39, 0.29) is 24.2 Å². The molecular formula is C12H19BrClNO2. The van der Waals surface area contributed by atoms with E-state index >= 15 is 0 Å². The highest BCUT2D eigenvalue weighted by molar-refractivity contribution is 9.10. The minimum absolute atomic E-state index is 0. The number of phenolic OH excluding ortho intramolecular Hbond substituents is 1. The largest absolute Gasteiger partial charge is 0.504 e. The van der Waals surface area contributed by atoms with Gasteiger partial charge in [-0.25, -0.2) is 0 Å². The summed E-state index contributed by atoms with van der Waals surface area (Å²) in [4.78, 5) is 0. The molecule has 0 amide bonds. The van der Waals surface area contributed by atoms with Crippen LogP contribution in [0.25, 0.3) is 0 Å². The van der Waals surface area contributed by atoms with Crippen molar-refractivity contribution in [3.8, 4) is 11.5 Å². The van der Waals surface area contributed by atoms with E-state index in [0.717, 1.165) is 29.3 Å². The summed E-state index contributed by atoms with van der Waals surface area (Å²) in [7, 11) is 1.53. The average Bonchev–Trinajstić information content (AvgIpc) is 2.28. The van der Waals surface area contributed by atoms with E-state index in [1.54, 1.807) is 6.07 Å². The number of benzene rings is 1. The second-order valence-corrected chi connectivity index (χ2v) is 4.71. The molecule has 3 N–H and O–H groups in total. The Hall–Kier alpha value is -0.450. The first kappa shape index (κ1) is 16.6. The van der Waals surface area contributed by atoms with Crippen LogP contribution in [0.3, 0.4) is 0 Å². The molecule has 0 saturated heterocycles. The number of hydrogen-bond acceptors (Lipinski definition) is 3. The van der Waals surface area contributed by atoms with Crippen molar-refractivity contribution in [3.63, 3.8) is 0 Å². The molecule has 0 spiro atoms. The highest BCUT2D eigenvalue weighted by Crippen LogP contribution is 2.37. The van der Waals surface area contributed by atoms with Crippen LogP contribution in [0.4, 0.5) is 0 Å². The Labute approximate surface area is 117 Å². The maximum absolute atomic E-state index is 9.96. The number of rotatable bonds is 5. The molecule has 0 heterocycles. The third-order valence-electron chi connectivity index (χ3n) is 2.56. The van der Waals surface area contributed by atoms with Gasteiger partial charge < -0.3 is 15.6 Å². The molecule has 0 unspecified atom stereocenters. The van der Waals surface area contributed by atoms with Crippen molar-refractivity contribution in [3.05, 3.63) is 22.2 Å². The smallest absolute Gasteiger partial charge is 0.162 e. The van der Waals surface area contributed by atoms with Crippen molar-refractivity contribution in [1.82, 2.24) is 0 Å². The Balaban J connectivity index is 0.00000256. The molecular weight excluding hydrogens is 305 g/mol. The molecule has 0 aliphatic carbocycles. The molecule has 98 valence electrons. The van der Waals surface area contributed by atoms with Gasteiger partial charge in [-0.15, -0.1) is 12.4 Å². The molecule has 3 nitrogen and oxygen atoms in total. The number of ether oxygens (including phenoxy) is 1. The number of phenols is 1. The second-order valence-electron chi connectivity index (χ2n) is 3.79. The van der Waals surface area contributed by atoms with E-state index in [4.69, 9.17) is 10.5 Å². The van der Waals surface area contributed by atoms with Gasteiger partial charge >= 0.3 is 0 Å². The molecule has 1 aromatic rings. The van der Waals surface area contributed by atoms with Crippen molar-refractivity contribution >= 4 is 28.3 Å². The van der Waals surface area contributed by atoms with E-state index in [1.807, 2.05) is 6.07 Å². The highest BCUT2D eigenvalue weighted by atomic mass is 79.9. The molecule has 5 heteroatoms. The standard InChI is InChI=1S/C12H18BrNO2.ClH/c1-3-4-5-10(14)9-6-8(13)7-11(16-2)12(9)15;/h6-7,10,15H,3-5,14H2,1-2H3;1H/t10-;/m1./s1. The number of halogens is 2. The highest BCUT2D eigenvalue weighted by Gasteiger charge is 2.15. The van der Waals surface area contributed by atoms with Gasteiger partial charge in [0, 0.05) is 16.1 Å². The first-order valence-electron chi connectivity index (χ1n) is 5.42. The summed E-state index contributed by atoms with van der Waals surface area (Å²) in [5.74, 6) is 0.602. The van der Waals surface area contributed by atoms with Crippen molar-refractivity contribution in [2.75, 3.05) is 7.11 Å². The summed E-state index contributed by atoms with van der Waals surface area (Å²) in [6.07, 6.45) is 3.01. The van der Waals surface area contributed by atoms with Gasteiger partial charge in [0.1, 0.15) is 0 Å².